The summed E-state index contributed by atoms with van der Waals surface area (Å²) in [6.45, 7) is 23.4. The summed E-state index contributed by atoms with van der Waals surface area (Å²) >= 11 is 2.22. The number of anilines is 1. The Labute approximate surface area is 252 Å². The number of hydrogen-bond acceptors (Lipinski definition) is 4. The number of halogens is 1. The van der Waals surface area contributed by atoms with Gasteiger partial charge in [0, 0.05) is 17.8 Å². The molecule has 1 aliphatic heterocycles. The van der Waals surface area contributed by atoms with Gasteiger partial charge in [-0.05, 0) is 72.2 Å². The van der Waals surface area contributed by atoms with Crippen LogP contribution in [-0.4, -0.2) is 21.8 Å². The Kier molecular flexibility index (Phi) is 15.2. The molecule has 218 valence electrons. The first-order valence-corrected chi connectivity index (χ1v) is 15.6. The molecule has 1 unspecified atom stereocenters. The molecule has 6 heteroatoms. The summed E-state index contributed by atoms with van der Waals surface area (Å²) < 4.78 is 0. The van der Waals surface area contributed by atoms with Gasteiger partial charge in [-0.15, -0.1) is 0 Å². The molecule has 0 amide bonds. The SMILES string of the molecule is CC(=O)/C=C(/C)O.CC(C)C1=CC(N2C=CN(c3c(C(C)C)cccc3C(C)C)[CH-]2)C(C(C)C)=CC=C1.[Cl][Pd+]. The van der Waals surface area contributed by atoms with Gasteiger partial charge in [0.15, 0.2) is 5.78 Å². The van der Waals surface area contributed by atoms with E-state index in [4.69, 9.17) is 5.11 Å². The van der Waals surface area contributed by atoms with E-state index in [2.05, 4.69) is 154 Å². The second-order valence-electron chi connectivity index (χ2n) is 11.2. The van der Waals surface area contributed by atoms with Crippen LogP contribution in [0.2, 0.25) is 0 Å². The number of ketones is 1. The van der Waals surface area contributed by atoms with E-state index in [1.807, 2.05) is 0 Å². The summed E-state index contributed by atoms with van der Waals surface area (Å²) in [5, 5.41) is 8.36. The molecule has 39 heavy (non-hydrogen) atoms. The zero-order valence-corrected chi connectivity index (χ0v) is 27.5. The van der Waals surface area contributed by atoms with Crippen LogP contribution in [0.3, 0.4) is 0 Å². The molecule has 3 rings (SSSR count). The molecule has 0 bridgehead atoms. The van der Waals surface area contributed by atoms with E-state index in [-0.39, 0.29) is 17.6 Å². The van der Waals surface area contributed by atoms with E-state index in [0.29, 0.717) is 23.7 Å². The van der Waals surface area contributed by atoms with Crippen molar-refractivity contribution in [1.82, 2.24) is 4.90 Å². The van der Waals surface area contributed by atoms with E-state index in [9.17, 15) is 4.79 Å². The molecule has 0 saturated heterocycles. The zero-order valence-electron chi connectivity index (χ0n) is 25.2. The number of rotatable bonds is 7. The Morgan fingerprint density at radius 3 is 1.92 bits per heavy atom. The second kappa shape index (κ2) is 16.9. The first kappa shape index (κ1) is 35.0. The first-order valence-electron chi connectivity index (χ1n) is 13.6. The van der Waals surface area contributed by atoms with Crippen LogP contribution in [0.25, 0.3) is 0 Å². The molecule has 2 aliphatic rings. The Hall–Kier alpha value is -2.06. The fourth-order valence-electron chi connectivity index (χ4n) is 4.65. The van der Waals surface area contributed by atoms with Gasteiger partial charge in [0.05, 0.1) is 5.76 Å². The van der Waals surface area contributed by atoms with Crippen molar-refractivity contribution in [2.24, 2.45) is 11.8 Å². The van der Waals surface area contributed by atoms with Crippen molar-refractivity contribution in [2.45, 2.75) is 87.1 Å². The van der Waals surface area contributed by atoms with Crippen LogP contribution in [-0.2, 0) is 23.0 Å². The molecule has 1 heterocycles. The molecule has 1 N–H and O–H groups in total. The number of aliphatic hydroxyl groups excluding tert-OH is 1. The molecule has 1 aromatic carbocycles. The number of para-hydroxylation sites is 1. The van der Waals surface area contributed by atoms with Gasteiger partial charge < -0.3 is 14.9 Å². The van der Waals surface area contributed by atoms with E-state index in [1.165, 1.54) is 47.9 Å². The molecule has 0 radical (unpaired) electrons. The van der Waals surface area contributed by atoms with Crippen LogP contribution < -0.4 is 4.90 Å². The predicted octanol–water partition coefficient (Wildman–Crippen LogP) is 9.47. The third-order valence-electron chi connectivity index (χ3n) is 6.59. The average Bonchev–Trinajstić information content (AvgIpc) is 3.22. The Balaban J connectivity index is 0.000000735. The molecule has 0 aromatic heterocycles. The molecular weight excluding hydrogens is 598 g/mol. The monoisotopic (exact) mass is 644 g/mol. The number of aliphatic hydroxyl groups is 1. The summed E-state index contributed by atoms with van der Waals surface area (Å²) in [4.78, 5) is 14.7. The minimum absolute atomic E-state index is 0.0625. The number of carbonyl (C=O) groups is 1. The van der Waals surface area contributed by atoms with Crippen molar-refractivity contribution >= 4 is 21.0 Å². The molecule has 1 aromatic rings. The zero-order chi connectivity index (χ0) is 29.9. The summed E-state index contributed by atoms with van der Waals surface area (Å²) in [6.07, 6.45) is 14.9. The number of nitrogens with zero attached hydrogens (tertiary/aromatic N) is 2. The van der Waals surface area contributed by atoms with Crippen LogP contribution in [0.5, 0.6) is 0 Å². The minimum atomic E-state index is -0.125. The molecule has 0 fully saturated rings. The summed E-state index contributed by atoms with van der Waals surface area (Å²) in [6, 6.07) is 7.01. The third-order valence-corrected chi connectivity index (χ3v) is 6.59. The second-order valence-corrected chi connectivity index (χ2v) is 11.2. The van der Waals surface area contributed by atoms with Crippen molar-refractivity contribution in [3.63, 3.8) is 0 Å². The van der Waals surface area contributed by atoms with Crippen molar-refractivity contribution in [2.75, 3.05) is 4.90 Å². The van der Waals surface area contributed by atoms with Gasteiger partial charge >= 0.3 is 27.7 Å². The molecule has 4 nitrogen and oxygen atoms in total. The van der Waals surface area contributed by atoms with Gasteiger partial charge in [-0.25, -0.2) is 0 Å². The summed E-state index contributed by atoms with van der Waals surface area (Å²) in [5.41, 5.74) is 7.01. The van der Waals surface area contributed by atoms with Gasteiger partial charge in [-0.3, -0.25) is 4.79 Å². The Morgan fingerprint density at radius 2 is 1.51 bits per heavy atom. The van der Waals surface area contributed by atoms with Gasteiger partial charge in [-0.2, -0.15) is 6.67 Å². The molecular formula is C33H47ClN2O2Pd. The molecule has 1 atom stereocenters. The number of benzene rings is 1. The van der Waals surface area contributed by atoms with E-state index >= 15 is 0 Å². The summed E-state index contributed by atoms with van der Waals surface area (Å²) in [7, 11) is 4.49. The summed E-state index contributed by atoms with van der Waals surface area (Å²) in [5.74, 6) is 1.91. The third kappa shape index (κ3) is 10.5. The fraction of sp³-hybridized carbons (Fsp3) is 0.455. The number of allylic oxidation sites excluding steroid dienone is 6. The maximum atomic E-state index is 10.0. The molecule has 0 saturated carbocycles. The number of carbonyl (C=O) groups excluding carboxylic acids is 1. The van der Waals surface area contributed by atoms with E-state index in [1.54, 1.807) is 0 Å². The van der Waals surface area contributed by atoms with Gasteiger partial charge in [-0.1, -0.05) is 97.9 Å². The van der Waals surface area contributed by atoms with Crippen molar-refractivity contribution in [3.05, 3.63) is 95.7 Å². The van der Waals surface area contributed by atoms with Crippen LogP contribution in [0, 0.1) is 18.5 Å². The van der Waals surface area contributed by atoms with E-state index in [0.717, 1.165) is 0 Å². The van der Waals surface area contributed by atoms with Crippen molar-refractivity contribution in [3.8, 4) is 0 Å². The van der Waals surface area contributed by atoms with E-state index < -0.39 is 0 Å². The molecule has 0 spiro atoms. The normalized spacial score (nSPS) is 17.2. The molecule has 1 aliphatic carbocycles. The van der Waals surface area contributed by atoms with Crippen LogP contribution in [0.15, 0.2) is 77.9 Å². The van der Waals surface area contributed by atoms with Crippen LogP contribution in [0.4, 0.5) is 5.69 Å². The fourth-order valence-corrected chi connectivity index (χ4v) is 4.65. The maximum absolute atomic E-state index is 10.0. The number of hydrogen-bond donors (Lipinski definition) is 1. The van der Waals surface area contributed by atoms with Crippen LogP contribution >= 0.6 is 9.53 Å². The Morgan fingerprint density at radius 1 is 0.949 bits per heavy atom. The van der Waals surface area contributed by atoms with Gasteiger partial charge in [0.1, 0.15) is 0 Å². The topological polar surface area (TPSA) is 43.8 Å². The van der Waals surface area contributed by atoms with Gasteiger partial charge in [0.2, 0.25) is 0 Å². The predicted molar refractivity (Wildman–Crippen MR) is 164 cm³/mol. The quantitative estimate of drug-likeness (QED) is 0.139. The van der Waals surface area contributed by atoms with Crippen molar-refractivity contribution < 1.29 is 28.1 Å². The van der Waals surface area contributed by atoms with Crippen LogP contribution in [0.1, 0.15) is 92.2 Å². The van der Waals surface area contributed by atoms with Gasteiger partial charge in [0.25, 0.3) is 0 Å². The van der Waals surface area contributed by atoms with Crippen molar-refractivity contribution in [1.29, 1.82) is 0 Å². The standard InChI is InChI=1S/C28H39N2.C5H8O2.ClH.Pd/c1-19(2)23-11-9-12-24(20(3)4)27(17-23)29-15-16-30(18-29)28-25(21(5)6)13-10-14-26(28)22(7)8;1-4(6)3-5(2)7;;/h9-22,27H,1-8H3;3,6H,1-2H3;1H;/q-1;;;+2/p-1/b;4-3-;;. The Bertz CT molecular complexity index is 1070. The first-order chi connectivity index (χ1) is 18.3. The average molecular weight is 646 g/mol.